The van der Waals surface area contributed by atoms with E-state index in [1.165, 1.54) is 12.0 Å². The van der Waals surface area contributed by atoms with E-state index in [9.17, 15) is 4.79 Å². The molecule has 28 heavy (non-hydrogen) atoms. The molecule has 0 atom stereocenters. The van der Waals surface area contributed by atoms with Crippen molar-refractivity contribution in [3.63, 3.8) is 0 Å². The Labute approximate surface area is 169 Å². The smallest absolute Gasteiger partial charge is 0.253 e. The predicted molar refractivity (Wildman–Crippen MR) is 114 cm³/mol. The number of carbonyl (C=O) groups is 1. The van der Waals surface area contributed by atoms with Crippen LogP contribution in [-0.4, -0.2) is 46.4 Å². The minimum Gasteiger partial charge on any atom is -0.339 e. The van der Waals surface area contributed by atoms with Gasteiger partial charge in [-0.2, -0.15) is 0 Å². The third-order valence-corrected chi connectivity index (χ3v) is 7.33. The first-order valence-corrected chi connectivity index (χ1v) is 11.0. The lowest BCUT2D eigenvalue weighted by atomic mass is 9.98. The van der Waals surface area contributed by atoms with E-state index in [4.69, 9.17) is 0 Å². The summed E-state index contributed by atoms with van der Waals surface area (Å²) in [5.74, 6) is 0.155. The fraction of sp³-hybridized carbons (Fsp3) is 0.391. The minimum absolute atomic E-state index is 0.155. The fourth-order valence-electron chi connectivity index (χ4n) is 4.62. The predicted octanol–water partition coefficient (Wildman–Crippen LogP) is 4.27. The van der Waals surface area contributed by atoms with Crippen molar-refractivity contribution < 1.29 is 4.79 Å². The molecule has 0 saturated carbocycles. The number of thiophene rings is 1. The van der Waals surface area contributed by atoms with Gasteiger partial charge in [0.05, 0.1) is 5.52 Å². The van der Waals surface area contributed by atoms with Crippen LogP contribution in [0.25, 0.3) is 10.9 Å². The molecule has 1 fully saturated rings. The highest BCUT2D eigenvalue weighted by Gasteiger charge is 2.29. The molecule has 0 unspecified atom stereocenters. The zero-order valence-corrected chi connectivity index (χ0v) is 17.0. The fourth-order valence-corrected chi connectivity index (χ4v) is 5.50. The molecule has 1 aromatic carbocycles. The molecule has 0 aliphatic carbocycles. The van der Waals surface area contributed by atoms with E-state index in [-0.39, 0.29) is 5.91 Å². The number of hydrogen-bond donors (Lipinski definition) is 0. The van der Waals surface area contributed by atoms with Crippen LogP contribution in [0.4, 0.5) is 0 Å². The first-order chi connectivity index (χ1) is 13.7. The normalized spacial score (nSPS) is 18.4. The van der Waals surface area contributed by atoms with E-state index in [1.807, 2.05) is 46.7 Å². The summed E-state index contributed by atoms with van der Waals surface area (Å²) in [5, 5.41) is 3.29. The standard InChI is InChI=1S/C23H25N3OS/c1-16-4-9-24-21-3-2-17(14-20(16)21)23(27)25-10-5-19(6-11-25)26-12-7-22-18(15-26)8-13-28-22/h2-4,8-9,13-14,19H,5-7,10-12,15H2,1H3. The van der Waals surface area contributed by atoms with Gasteiger partial charge >= 0.3 is 0 Å². The maximum Gasteiger partial charge on any atom is 0.253 e. The van der Waals surface area contributed by atoms with Gasteiger partial charge in [-0.1, -0.05) is 0 Å². The SMILES string of the molecule is Cc1ccnc2ccc(C(=O)N3CCC(N4CCc5sccc5C4)CC3)cc12. The number of piperidine rings is 1. The summed E-state index contributed by atoms with van der Waals surface area (Å²) >= 11 is 1.89. The van der Waals surface area contributed by atoms with Gasteiger partial charge in [0, 0.05) is 54.2 Å². The summed E-state index contributed by atoms with van der Waals surface area (Å²) in [6, 6.07) is 10.8. The summed E-state index contributed by atoms with van der Waals surface area (Å²) in [6.07, 6.45) is 5.14. The molecule has 1 amide bonds. The number of likely N-dealkylation sites (tertiary alicyclic amines) is 1. The first kappa shape index (κ1) is 17.8. The maximum atomic E-state index is 13.1. The molecule has 144 valence electrons. The molecule has 1 saturated heterocycles. The van der Waals surface area contributed by atoms with Crippen molar-refractivity contribution in [3.8, 4) is 0 Å². The second-order valence-corrected chi connectivity index (χ2v) is 8.97. The Balaban J connectivity index is 1.26. The third-order valence-electron chi connectivity index (χ3n) is 6.31. The monoisotopic (exact) mass is 391 g/mol. The molecule has 0 radical (unpaired) electrons. The molecule has 0 N–H and O–H groups in total. The number of pyridine rings is 1. The van der Waals surface area contributed by atoms with Gasteiger partial charge in [0.15, 0.2) is 0 Å². The summed E-state index contributed by atoms with van der Waals surface area (Å²) in [4.78, 5) is 23.7. The molecule has 2 aliphatic heterocycles. The number of aryl methyl sites for hydroxylation is 1. The molecule has 0 spiro atoms. The Bertz CT molecular complexity index is 1020. The van der Waals surface area contributed by atoms with Crippen LogP contribution < -0.4 is 0 Å². The number of carbonyl (C=O) groups excluding carboxylic acids is 1. The van der Waals surface area contributed by atoms with Crippen LogP contribution in [0.1, 0.15) is 39.2 Å². The molecular formula is C23H25N3OS. The van der Waals surface area contributed by atoms with E-state index in [1.54, 1.807) is 4.88 Å². The van der Waals surface area contributed by atoms with Crippen molar-refractivity contribution in [1.82, 2.24) is 14.8 Å². The van der Waals surface area contributed by atoms with Crippen molar-refractivity contribution in [1.29, 1.82) is 0 Å². The van der Waals surface area contributed by atoms with Crippen LogP contribution in [0.2, 0.25) is 0 Å². The van der Waals surface area contributed by atoms with Gasteiger partial charge in [-0.05, 0) is 73.0 Å². The molecule has 5 heteroatoms. The molecule has 3 aromatic rings. The van der Waals surface area contributed by atoms with E-state index < -0.39 is 0 Å². The number of hydrogen-bond acceptors (Lipinski definition) is 4. The number of amides is 1. The highest BCUT2D eigenvalue weighted by atomic mass is 32.1. The maximum absolute atomic E-state index is 13.1. The Morgan fingerprint density at radius 3 is 2.86 bits per heavy atom. The Morgan fingerprint density at radius 2 is 2.00 bits per heavy atom. The Morgan fingerprint density at radius 1 is 1.14 bits per heavy atom. The summed E-state index contributed by atoms with van der Waals surface area (Å²) < 4.78 is 0. The summed E-state index contributed by atoms with van der Waals surface area (Å²) in [5.41, 5.74) is 4.40. The second kappa shape index (κ2) is 7.30. The lowest BCUT2D eigenvalue weighted by Gasteiger charge is -2.40. The quantitative estimate of drug-likeness (QED) is 0.655. The molecular weight excluding hydrogens is 366 g/mol. The van der Waals surface area contributed by atoms with Gasteiger partial charge in [-0.3, -0.25) is 14.7 Å². The van der Waals surface area contributed by atoms with E-state index in [2.05, 4.69) is 28.3 Å². The molecule has 2 aromatic heterocycles. The van der Waals surface area contributed by atoms with Crippen molar-refractivity contribution >= 4 is 28.1 Å². The van der Waals surface area contributed by atoms with Gasteiger partial charge in [0.2, 0.25) is 0 Å². The van der Waals surface area contributed by atoms with Crippen LogP contribution in [0.5, 0.6) is 0 Å². The van der Waals surface area contributed by atoms with Crippen molar-refractivity contribution in [3.05, 3.63) is 63.5 Å². The largest absolute Gasteiger partial charge is 0.339 e. The van der Waals surface area contributed by atoms with Gasteiger partial charge in [0.1, 0.15) is 0 Å². The third kappa shape index (κ3) is 3.23. The summed E-state index contributed by atoms with van der Waals surface area (Å²) in [6.45, 7) is 6.00. The number of benzene rings is 1. The first-order valence-electron chi connectivity index (χ1n) is 10.1. The van der Waals surface area contributed by atoms with E-state index >= 15 is 0 Å². The number of nitrogens with zero attached hydrogens (tertiary/aromatic N) is 3. The van der Waals surface area contributed by atoms with Gasteiger partial charge in [0.25, 0.3) is 5.91 Å². The average molecular weight is 392 g/mol. The number of fused-ring (bicyclic) bond motifs is 2. The second-order valence-electron chi connectivity index (χ2n) is 7.97. The Kier molecular flexibility index (Phi) is 4.65. The molecule has 0 bridgehead atoms. The zero-order valence-electron chi connectivity index (χ0n) is 16.2. The van der Waals surface area contributed by atoms with Gasteiger partial charge in [-0.15, -0.1) is 11.3 Å². The van der Waals surface area contributed by atoms with Crippen molar-refractivity contribution in [2.45, 2.75) is 38.8 Å². The van der Waals surface area contributed by atoms with Crippen LogP contribution >= 0.6 is 11.3 Å². The molecule has 4 nitrogen and oxygen atoms in total. The van der Waals surface area contributed by atoms with E-state index in [0.717, 1.165) is 61.1 Å². The lowest BCUT2D eigenvalue weighted by Crippen LogP contribution is -2.47. The average Bonchev–Trinajstić information content (AvgIpc) is 3.21. The highest BCUT2D eigenvalue weighted by Crippen LogP contribution is 2.28. The van der Waals surface area contributed by atoms with Gasteiger partial charge in [-0.25, -0.2) is 0 Å². The topological polar surface area (TPSA) is 36.4 Å². The summed E-state index contributed by atoms with van der Waals surface area (Å²) in [7, 11) is 0. The van der Waals surface area contributed by atoms with Crippen molar-refractivity contribution in [2.75, 3.05) is 19.6 Å². The van der Waals surface area contributed by atoms with Crippen LogP contribution in [0, 0.1) is 6.92 Å². The Hall–Kier alpha value is -2.24. The van der Waals surface area contributed by atoms with Crippen LogP contribution in [0.15, 0.2) is 41.9 Å². The zero-order chi connectivity index (χ0) is 19.1. The molecule has 4 heterocycles. The van der Waals surface area contributed by atoms with E-state index in [0.29, 0.717) is 6.04 Å². The minimum atomic E-state index is 0.155. The molecule has 2 aliphatic rings. The van der Waals surface area contributed by atoms with Crippen LogP contribution in [-0.2, 0) is 13.0 Å². The lowest BCUT2D eigenvalue weighted by molar-refractivity contribution is 0.0600. The van der Waals surface area contributed by atoms with Crippen molar-refractivity contribution in [2.24, 2.45) is 0 Å². The number of rotatable bonds is 2. The highest BCUT2D eigenvalue weighted by molar-refractivity contribution is 7.10. The molecule has 5 rings (SSSR count). The number of aromatic nitrogens is 1. The van der Waals surface area contributed by atoms with Gasteiger partial charge < -0.3 is 4.90 Å². The van der Waals surface area contributed by atoms with Crippen LogP contribution in [0.3, 0.4) is 0 Å².